The van der Waals surface area contributed by atoms with Gasteiger partial charge in [0, 0.05) is 87.3 Å². The van der Waals surface area contributed by atoms with E-state index in [1.165, 1.54) is 21.5 Å². The van der Waals surface area contributed by atoms with Gasteiger partial charge in [-0.3, -0.25) is 29.9 Å². The molecule has 0 amide bonds. The van der Waals surface area contributed by atoms with Gasteiger partial charge in [-0.15, -0.1) is 0 Å². The topological polar surface area (TPSA) is 232 Å². The summed E-state index contributed by atoms with van der Waals surface area (Å²) in [5, 5.41) is 4.74. The number of nitrogens with zero attached hydrogens (tertiary/aromatic N) is 18. The second-order valence-corrected chi connectivity index (χ2v) is 32.9. The molecular formula is C122H80N18. The van der Waals surface area contributed by atoms with E-state index in [1.807, 2.05) is 279 Å². The largest absolute Gasteiger partial charge is 0.255 e. The Balaban J connectivity index is 0.000000121. The Morgan fingerprint density at radius 3 is 0.693 bits per heavy atom. The van der Waals surface area contributed by atoms with Crippen LogP contribution in [0.25, 0.3) is 237 Å². The summed E-state index contributed by atoms with van der Waals surface area (Å²) in [7, 11) is 0. The van der Waals surface area contributed by atoms with Gasteiger partial charge in [0.1, 0.15) is 0 Å². The van der Waals surface area contributed by atoms with E-state index in [-0.39, 0.29) is 0 Å². The Hall–Kier alpha value is -19.5. The summed E-state index contributed by atoms with van der Waals surface area (Å²) in [5.74, 6) is 5.31. The molecule has 24 aromatic rings. The van der Waals surface area contributed by atoms with Gasteiger partial charge in [-0.25, -0.2) is 59.8 Å². The second-order valence-electron chi connectivity index (χ2n) is 32.9. The molecule has 0 N–H and O–H groups in total. The third-order valence-corrected chi connectivity index (χ3v) is 23.7. The summed E-state index contributed by atoms with van der Waals surface area (Å²) in [5.41, 5.74) is 25.8. The summed E-state index contributed by atoms with van der Waals surface area (Å²) >= 11 is 0. The van der Waals surface area contributed by atoms with Crippen LogP contribution in [-0.2, 0) is 0 Å². The molecule has 0 bridgehead atoms. The zero-order valence-electron chi connectivity index (χ0n) is 75.2. The third kappa shape index (κ3) is 19.4. The molecule has 658 valence electrons. The quantitative estimate of drug-likeness (QED) is 0.0732. The molecule has 12 aromatic carbocycles. The van der Waals surface area contributed by atoms with Gasteiger partial charge in [0.25, 0.3) is 0 Å². The van der Waals surface area contributed by atoms with Crippen molar-refractivity contribution in [1.82, 2.24) is 89.7 Å². The minimum absolute atomic E-state index is 0.550. The summed E-state index contributed by atoms with van der Waals surface area (Å²) in [4.78, 5) is 87.1. The number of fused-ring (bicyclic) bond motifs is 2. The Labute approximate surface area is 807 Å². The van der Waals surface area contributed by atoms with Crippen LogP contribution in [-0.4, -0.2) is 89.7 Å². The maximum atomic E-state index is 5.05. The van der Waals surface area contributed by atoms with Crippen molar-refractivity contribution in [1.29, 1.82) is 0 Å². The van der Waals surface area contributed by atoms with E-state index in [1.54, 1.807) is 37.2 Å². The summed E-state index contributed by atoms with van der Waals surface area (Å²) < 4.78 is 0. The Bertz CT molecular complexity index is 8290. The van der Waals surface area contributed by atoms with Crippen molar-refractivity contribution in [3.63, 3.8) is 0 Å². The molecule has 0 fully saturated rings. The highest BCUT2D eigenvalue weighted by Crippen LogP contribution is 2.40. The summed E-state index contributed by atoms with van der Waals surface area (Å²) in [6.45, 7) is 0. The first kappa shape index (κ1) is 86.0. The van der Waals surface area contributed by atoms with E-state index in [0.29, 0.717) is 52.4 Å². The fourth-order valence-electron chi connectivity index (χ4n) is 16.7. The minimum atomic E-state index is 0.550. The van der Waals surface area contributed by atoms with E-state index in [4.69, 9.17) is 74.8 Å². The molecule has 140 heavy (non-hydrogen) atoms. The van der Waals surface area contributed by atoms with Gasteiger partial charge in [0.05, 0.1) is 68.3 Å². The van der Waals surface area contributed by atoms with E-state index < -0.39 is 0 Å². The molecule has 0 aliphatic rings. The van der Waals surface area contributed by atoms with Crippen LogP contribution in [0.2, 0.25) is 0 Å². The van der Waals surface area contributed by atoms with Crippen LogP contribution in [0.15, 0.2) is 486 Å². The molecule has 0 radical (unpaired) electrons. The lowest BCUT2D eigenvalue weighted by Crippen LogP contribution is -2.00. The number of hydrogen-bond donors (Lipinski definition) is 0. The molecule has 0 saturated carbocycles. The van der Waals surface area contributed by atoms with Crippen molar-refractivity contribution in [3.05, 3.63) is 486 Å². The lowest BCUT2D eigenvalue weighted by Gasteiger charge is -2.13. The third-order valence-electron chi connectivity index (χ3n) is 23.7. The van der Waals surface area contributed by atoms with E-state index in [0.717, 1.165) is 163 Å². The van der Waals surface area contributed by atoms with Crippen molar-refractivity contribution in [2.24, 2.45) is 0 Å². The molecule has 18 nitrogen and oxygen atoms in total. The Kier molecular flexibility index (Phi) is 24.7. The average molecular weight is 1800 g/mol. The van der Waals surface area contributed by atoms with Gasteiger partial charge in [0.15, 0.2) is 52.4 Å². The smallest absolute Gasteiger partial charge is 0.165 e. The molecule has 0 aliphatic carbocycles. The fourth-order valence-corrected chi connectivity index (χ4v) is 16.7. The van der Waals surface area contributed by atoms with Crippen molar-refractivity contribution in [2.45, 2.75) is 0 Å². The number of aromatic nitrogens is 18. The molecular weight excluding hydrogens is 1720 g/mol. The Morgan fingerprint density at radius 2 is 0.364 bits per heavy atom. The van der Waals surface area contributed by atoms with Crippen molar-refractivity contribution < 1.29 is 0 Å². The predicted octanol–water partition coefficient (Wildman–Crippen LogP) is 28.1. The summed E-state index contributed by atoms with van der Waals surface area (Å²) in [6, 6.07) is 150. The minimum Gasteiger partial charge on any atom is -0.255 e. The fraction of sp³-hybridized carbons (Fsp3) is 0. The number of pyridine rings is 9. The molecule has 12 aromatic heterocycles. The predicted molar refractivity (Wildman–Crippen MR) is 558 cm³/mol. The van der Waals surface area contributed by atoms with E-state index in [2.05, 4.69) is 185 Å². The van der Waals surface area contributed by atoms with Gasteiger partial charge >= 0.3 is 0 Å². The lowest BCUT2D eigenvalue weighted by molar-refractivity contribution is 1.07. The van der Waals surface area contributed by atoms with Crippen LogP contribution < -0.4 is 0 Å². The van der Waals surface area contributed by atoms with Crippen LogP contribution in [0.4, 0.5) is 0 Å². The first-order valence-electron chi connectivity index (χ1n) is 45.8. The SMILES string of the molecule is c1ccc(-c2nc(-c3ccccc3)nc(-c3ccc(-c4cc(-c5ccc6ccccc6c5)cc(-c5ccccn5)n4)nc3)n2)cc1.c1ccc(-c2nc(-c3ccccc3)nc(-c3ccc(-c4cc(-c5cccc6ccccc56)cc(-c5ccccn5)n4)nc3)n2)cc1.c1ccc(-c2nc(-c3ccccc3)nc(-c3ccc(-c4cc(-c5ccccc5-c5ccccc5)cc(-c5ccccn5)n4)nc3)n2)cc1. The zero-order valence-corrected chi connectivity index (χ0v) is 75.2. The van der Waals surface area contributed by atoms with Gasteiger partial charge in [0.2, 0.25) is 0 Å². The lowest BCUT2D eigenvalue weighted by atomic mass is 9.93. The highest BCUT2D eigenvalue weighted by atomic mass is 15.1. The molecule has 0 aliphatic heterocycles. The van der Waals surface area contributed by atoms with Crippen LogP contribution in [0.1, 0.15) is 0 Å². The van der Waals surface area contributed by atoms with Crippen LogP contribution in [0.3, 0.4) is 0 Å². The first-order valence-corrected chi connectivity index (χ1v) is 45.8. The number of rotatable bonds is 19. The van der Waals surface area contributed by atoms with Gasteiger partial charge < -0.3 is 0 Å². The molecule has 0 spiro atoms. The normalized spacial score (nSPS) is 11.0. The zero-order chi connectivity index (χ0) is 93.5. The Morgan fingerprint density at radius 1 is 0.114 bits per heavy atom. The number of benzene rings is 12. The molecule has 24 rings (SSSR count). The van der Waals surface area contributed by atoms with Crippen LogP contribution in [0, 0.1) is 0 Å². The maximum Gasteiger partial charge on any atom is 0.165 e. The van der Waals surface area contributed by atoms with Crippen LogP contribution >= 0.6 is 0 Å². The molecule has 0 atom stereocenters. The van der Waals surface area contributed by atoms with E-state index in [9.17, 15) is 0 Å². The second kappa shape index (κ2) is 40.2. The number of hydrogen-bond acceptors (Lipinski definition) is 18. The summed E-state index contributed by atoms with van der Waals surface area (Å²) in [6.07, 6.45) is 10.8. The van der Waals surface area contributed by atoms with Crippen molar-refractivity contribution >= 4 is 21.5 Å². The standard InChI is InChI=1S/C42H28N6.2C40H26N6/c1-4-14-29(15-5-1)34-20-10-11-21-35(34)33-26-38(36-22-12-13-25-43-36)45-39(27-33)37-24-23-32(28-44-37)42-47-40(30-16-6-2-7-17-30)46-41(48-42)31-18-8-3-9-19-31;1-3-13-28(14-4-1)38-44-39(29-15-5-2-6-16-29)46-40(45-38)30-21-22-35(42-26-30)37-25-31(24-36(43-37)34-20-9-10-23-41-34)33-19-11-17-27-12-7-8-18-32(27)33;1-3-12-28(13-4-1)38-44-39(29-14-5-2-6-15-29)46-40(45-38)32-20-21-35(42-26-32)37-25-33(24-36(43-37)34-17-9-10-22-41-34)31-19-18-27-11-7-8-16-30(27)23-31/h1-28H;2*1-26H. The first-order chi connectivity index (χ1) is 69.3. The van der Waals surface area contributed by atoms with Crippen molar-refractivity contribution in [3.8, 4) is 215 Å². The highest BCUT2D eigenvalue weighted by Gasteiger charge is 2.22. The monoisotopic (exact) mass is 1800 g/mol. The van der Waals surface area contributed by atoms with Gasteiger partial charge in [-0.1, -0.05) is 334 Å². The van der Waals surface area contributed by atoms with E-state index >= 15 is 0 Å². The molecule has 0 saturated heterocycles. The maximum absolute atomic E-state index is 5.05. The average Bonchev–Trinajstić information content (AvgIpc) is 0.784. The molecule has 12 heterocycles. The highest BCUT2D eigenvalue weighted by molar-refractivity contribution is 5.98. The van der Waals surface area contributed by atoms with Gasteiger partial charge in [-0.05, 0) is 181 Å². The van der Waals surface area contributed by atoms with Crippen molar-refractivity contribution in [2.75, 3.05) is 0 Å². The molecule has 0 unspecified atom stereocenters. The molecule has 18 heteroatoms. The van der Waals surface area contributed by atoms with Crippen LogP contribution in [0.5, 0.6) is 0 Å². The van der Waals surface area contributed by atoms with Gasteiger partial charge in [-0.2, -0.15) is 0 Å².